The second kappa shape index (κ2) is 15.0. The average Bonchev–Trinajstić information content (AvgIpc) is 2.68. The molecule has 6 heteroatoms. The number of aliphatic hydroxyl groups excluding tert-OH is 1. The molecule has 0 spiro atoms. The zero-order chi connectivity index (χ0) is 13.2. The van der Waals surface area contributed by atoms with Gasteiger partial charge >= 0.3 is 0 Å². The van der Waals surface area contributed by atoms with Crippen molar-refractivity contribution in [3.05, 3.63) is 0 Å². The summed E-state index contributed by atoms with van der Waals surface area (Å²) in [7, 11) is 0. The molecule has 2 rings (SSSR count). The molecule has 0 aromatic rings. The van der Waals surface area contributed by atoms with E-state index in [-0.39, 0.29) is 137 Å². The summed E-state index contributed by atoms with van der Waals surface area (Å²) in [5.74, 6) is 1.99. The number of unbranched alkanes of at least 4 members (excludes halogenated alkanes) is 1. The number of carbonyl (C=O) groups excluding carboxylic acids is 1. The fourth-order valence-electron chi connectivity index (χ4n) is 4.85. The molecule has 0 saturated heterocycles. The van der Waals surface area contributed by atoms with Gasteiger partial charge in [0.05, 0.1) is 6.10 Å². The molecular formula is C16H28O2Y4. The number of carbonyl (C=O) groups is 1. The summed E-state index contributed by atoms with van der Waals surface area (Å²) >= 11 is 0. The molecule has 2 nitrogen and oxygen atoms in total. The summed E-state index contributed by atoms with van der Waals surface area (Å²) in [6.45, 7) is 4.76. The molecule has 0 aromatic heterocycles. The van der Waals surface area contributed by atoms with Crippen LogP contribution < -0.4 is 0 Å². The van der Waals surface area contributed by atoms with Crippen molar-refractivity contribution in [1.29, 1.82) is 0 Å². The van der Waals surface area contributed by atoms with Gasteiger partial charge in [-0.2, -0.15) is 0 Å². The molecular weight excluding hydrogens is 580 g/mol. The molecule has 2 fully saturated rings. The molecule has 0 bridgehead atoms. The Kier molecular flexibility index (Phi) is 21.0. The number of rotatable bonds is 5. The van der Waals surface area contributed by atoms with Crippen LogP contribution in [-0.4, -0.2) is 17.5 Å². The molecule has 2 aliphatic carbocycles. The van der Waals surface area contributed by atoms with Crippen LogP contribution in [0.2, 0.25) is 0 Å². The van der Waals surface area contributed by atoms with E-state index in [1.807, 2.05) is 0 Å². The predicted octanol–water partition coefficient (Wildman–Crippen LogP) is 3.56. The van der Waals surface area contributed by atoms with Crippen LogP contribution in [0.5, 0.6) is 0 Å². The summed E-state index contributed by atoms with van der Waals surface area (Å²) < 4.78 is 0. The quantitative estimate of drug-likeness (QED) is 0.384. The Morgan fingerprint density at radius 3 is 2.41 bits per heavy atom. The maximum absolute atomic E-state index is 10.4. The number of aldehydes is 1. The van der Waals surface area contributed by atoms with Gasteiger partial charge in [0.1, 0.15) is 6.29 Å². The van der Waals surface area contributed by atoms with Crippen LogP contribution in [0.25, 0.3) is 0 Å². The van der Waals surface area contributed by atoms with E-state index in [2.05, 4.69) is 13.8 Å². The van der Waals surface area contributed by atoms with Crippen molar-refractivity contribution in [2.75, 3.05) is 0 Å². The van der Waals surface area contributed by atoms with Crippen molar-refractivity contribution >= 4 is 6.29 Å². The third-order valence-electron chi connectivity index (χ3n) is 5.83. The van der Waals surface area contributed by atoms with Gasteiger partial charge in [-0.3, -0.25) is 0 Å². The van der Waals surface area contributed by atoms with Crippen LogP contribution in [0.4, 0.5) is 0 Å². The first-order valence-corrected chi connectivity index (χ1v) is 7.71. The molecule has 4 radical (unpaired) electrons. The Morgan fingerprint density at radius 1 is 1.18 bits per heavy atom. The van der Waals surface area contributed by atoms with Gasteiger partial charge in [-0.15, -0.1) is 0 Å². The second-order valence-electron chi connectivity index (χ2n) is 6.83. The Balaban J connectivity index is -0.000000902. The molecule has 0 aliphatic heterocycles. The molecule has 0 aromatic carbocycles. The van der Waals surface area contributed by atoms with Gasteiger partial charge < -0.3 is 9.90 Å². The van der Waals surface area contributed by atoms with E-state index in [0.717, 1.165) is 25.0 Å². The molecule has 2 saturated carbocycles. The number of hydrogen-bond acceptors (Lipinski definition) is 2. The smallest absolute Gasteiger partial charge is 0.119 e. The van der Waals surface area contributed by atoms with Gasteiger partial charge in [0, 0.05) is 137 Å². The summed E-state index contributed by atoms with van der Waals surface area (Å²) in [5, 5.41) is 10.2. The summed E-state index contributed by atoms with van der Waals surface area (Å²) in [4.78, 5) is 10.4. The van der Waals surface area contributed by atoms with Crippen LogP contribution in [0.15, 0.2) is 0 Å². The van der Waals surface area contributed by atoms with Gasteiger partial charge in [0.15, 0.2) is 0 Å². The first-order valence-electron chi connectivity index (χ1n) is 7.71. The third-order valence-corrected chi connectivity index (χ3v) is 5.83. The molecule has 1 N–H and O–H groups in total. The maximum atomic E-state index is 10.4. The van der Waals surface area contributed by atoms with E-state index >= 15 is 0 Å². The molecule has 5 atom stereocenters. The maximum Gasteiger partial charge on any atom is 0.119 e. The topological polar surface area (TPSA) is 37.3 Å². The Morgan fingerprint density at radius 2 is 1.82 bits per heavy atom. The van der Waals surface area contributed by atoms with E-state index in [0.29, 0.717) is 23.7 Å². The van der Waals surface area contributed by atoms with Crippen molar-refractivity contribution in [2.45, 2.75) is 71.3 Å². The largest absolute Gasteiger partial charge is 0.393 e. The Hall–Kier alpha value is 4.05. The van der Waals surface area contributed by atoms with Gasteiger partial charge in [0.2, 0.25) is 0 Å². The van der Waals surface area contributed by atoms with Crippen LogP contribution >= 0.6 is 0 Å². The van der Waals surface area contributed by atoms with Gasteiger partial charge in [0.25, 0.3) is 0 Å². The van der Waals surface area contributed by atoms with Crippen molar-refractivity contribution in [1.82, 2.24) is 0 Å². The normalized spacial score (nSPS) is 33.9. The van der Waals surface area contributed by atoms with E-state index in [1.165, 1.54) is 32.1 Å². The minimum absolute atomic E-state index is 0. The first kappa shape index (κ1) is 30.8. The SMILES string of the molecule is C[C@H](CCCC=O)C1CC[C@H]2C(O)CCC[C@]12C.[Y].[Y].[Y].[Y]. The van der Waals surface area contributed by atoms with Crippen molar-refractivity contribution in [3.8, 4) is 0 Å². The van der Waals surface area contributed by atoms with E-state index < -0.39 is 0 Å². The third kappa shape index (κ3) is 7.58. The monoisotopic (exact) mass is 608 g/mol. The van der Waals surface area contributed by atoms with Gasteiger partial charge in [-0.1, -0.05) is 26.7 Å². The number of aliphatic hydroxyl groups is 1. The van der Waals surface area contributed by atoms with Crippen molar-refractivity contribution < 1.29 is 141 Å². The molecule has 0 heterocycles. The first-order chi connectivity index (χ1) is 8.59. The van der Waals surface area contributed by atoms with E-state index in [1.54, 1.807) is 0 Å². The van der Waals surface area contributed by atoms with Crippen molar-refractivity contribution in [2.24, 2.45) is 23.2 Å². The standard InChI is InChI=1S/C16H28O2.4Y/c1-12(6-3-4-11-17)13-8-9-14-15(18)7-5-10-16(13,14)2;;;;/h11-15,18H,3-10H2,1-2H3;;;;/t12-,13?,14+,15?,16-;;;;/m1..../s1. The molecule has 116 valence electrons. The fourth-order valence-corrected chi connectivity index (χ4v) is 4.85. The Labute approximate surface area is 237 Å². The van der Waals surface area contributed by atoms with E-state index in [4.69, 9.17) is 0 Å². The fraction of sp³-hybridized carbons (Fsp3) is 0.938. The Bertz CT molecular complexity index is 304. The van der Waals surface area contributed by atoms with Crippen molar-refractivity contribution in [3.63, 3.8) is 0 Å². The molecule has 0 amide bonds. The average molecular weight is 608 g/mol. The molecule has 2 aliphatic rings. The summed E-state index contributed by atoms with van der Waals surface area (Å²) in [5.41, 5.74) is 0.359. The second-order valence-corrected chi connectivity index (χ2v) is 6.83. The number of fused-ring (bicyclic) bond motifs is 1. The molecule has 22 heavy (non-hydrogen) atoms. The van der Waals surface area contributed by atoms with Crippen LogP contribution in [0, 0.1) is 23.2 Å². The zero-order valence-electron chi connectivity index (χ0n) is 14.2. The van der Waals surface area contributed by atoms with E-state index in [9.17, 15) is 9.90 Å². The van der Waals surface area contributed by atoms with Gasteiger partial charge in [-0.25, -0.2) is 0 Å². The number of hydrogen-bond donors (Lipinski definition) is 1. The van der Waals surface area contributed by atoms with Crippen LogP contribution in [-0.2, 0) is 136 Å². The zero-order valence-corrected chi connectivity index (χ0v) is 25.6. The van der Waals surface area contributed by atoms with Crippen LogP contribution in [0.3, 0.4) is 0 Å². The minimum atomic E-state index is -0.0593. The predicted molar refractivity (Wildman–Crippen MR) is 73.3 cm³/mol. The minimum Gasteiger partial charge on any atom is -0.393 e. The molecule has 2 unspecified atom stereocenters. The summed E-state index contributed by atoms with van der Waals surface area (Å²) in [6, 6.07) is 0. The van der Waals surface area contributed by atoms with Crippen LogP contribution in [0.1, 0.15) is 65.2 Å². The van der Waals surface area contributed by atoms with Gasteiger partial charge in [-0.05, 0) is 55.3 Å². The summed E-state index contributed by atoms with van der Waals surface area (Å²) in [6.07, 6.45) is 9.86.